The van der Waals surface area contributed by atoms with Crippen LogP contribution in [0.4, 0.5) is 5.69 Å². The van der Waals surface area contributed by atoms with Gasteiger partial charge in [-0.25, -0.2) is 0 Å². The van der Waals surface area contributed by atoms with Crippen molar-refractivity contribution in [2.24, 2.45) is 0 Å². The van der Waals surface area contributed by atoms with Gasteiger partial charge in [-0.05, 0) is 40.2 Å². The third-order valence-corrected chi connectivity index (χ3v) is 2.89. The quantitative estimate of drug-likeness (QED) is 0.858. The molecule has 2 N–H and O–H groups in total. The summed E-state index contributed by atoms with van der Waals surface area (Å²) in [6.07, 6.45) is 0. The Kier molecular flexibility index (Phi) is 3.31. The molecule has 2 rings (SSSR count). The number of nitriles is 1. The molecule has 0 fully saturated rings. The van der Waals surface area contributed by atoms with Crippen LogP contribution in [-0.2, 0) is 0 Å². The first-order chi connectivity index (χ1) is 8.22. The Balaban J connectivity index is 2.41. The molecule has 0 atom stereocenters. The van der Waals surface area contributed by atoms with Crippen LogP contribution < -0.4 is 10.5 Å². The number of hydrogen-bond donors (Lipinski definition) is 1. The summed E-state index contributed by atoms with van der Waals surface area (Å²) in [5.74, 6) is 1.03. The van der Waals surface area contributed by atoms with Crippen molar-refractivity contribution in [3.8, 4) is 17.6 Å². The number of nitrogens with zero attached hydrogens (tertiary/aromatic N) is 1. The molecule has 0 saturated heterocycles. The first-order valence-corrected chi connectivity index (χ1v) is 5.72. The van der Waals surface area contributed by atoms with Gasteiger partial charge >= 0.3 is 0 Å². The van der Waals surface area contributed by atoms with Crippen LogP contribution in [0.25, 0.3) is 0 Å². The molecule has 4 heteroatoms. The molecule has 0 unspecified atom stereocenters. The van der Waals surface area contributed by atoms with Crippen LogP contribution in [0.3, 0.4) is 0 Å². The molecule has 0 aliphatic rings. The molecule has 2 aromatic carbocycles. The first kappa shape index (κ1) is 11.5. The Morgan fingerprint density at radius 1 is 1.06 bits per heavy atom. The summed E-state index contributed by atoms with van der Waals surface area (Å²) in [6, 6.07) is 14.6. The average Bonchev–Trinajstić information content (AvgIpc) is 2.32. The largest absolute Gasteiger partial charge is 0.454 e. The molecule has 2 aromatic rings. The lowest BCUT2D eigenvalue weighted by Crippen LogP contribution is -1.93. The van der Waals surface area contributed by atoms with E-state index < -0.39 is 0 Å². The van der Waals surface area contributed by atoms with Gasteiger partial charge in [-0.3, -0.25) is 0 Å². The van der Waals surface area contributed by atoms with E-state index >= 15 is 0 Å². The van der Waals surface area contributed by atoms with Crippen LogP contribution in [-0.4, -0.2) is 0 Å². The molecule has 0 bridgehead atoms. The van der Waals surface area contributed by atoms with E-state index in [0.717, 1.165) is 0 Å². The van der Waals surface area contributed by atoms with Crippen LogP contribution in [0.1, 0.15) is 5.56 Å². The van der Waals surface area contributed by atoms with E-state index in [0.29, 0.717) is 27.2 Å². The zero-order valence-corrected chi connectivity index (χ0v) is 10.4. The molecule has 0 radical (unpaired) electrons. The van der Waals surface area contributed by atoms with Crippen molar-refractivity contribution in [3.05, 3.63) is 52.5 Å². The smallest absolute Gasteiger partial charge is 0.150 e. The van der Waals surface area contributed by atoms with Crippen molar-refractivity contribution >= 4 is 21.6 Å². The number of nitrogen functional groups attached to an aromatic ring is 1. The molecule has 0 spiro atoms. The molecule has 0 aliphatic carbocycles. The summed E-state index contributed by atoms with van der Waals surface area (Å²) < 4.78 is 6.34. The average molecular weight is 289 g/mol. The summed E-state index contributed by atoms with van der Waals surface area (Å²) in [4.78, 5) is 0. The highest BCUT2D eigenvalue weighted by molar-refractivity contribution is 9.10. The normalized spacial score (nSPS) is 9.65. The minimum atomic E-state index is 0.454. The van der Waals surface area contributed by atoms with Gasteiger partial charge in [-0.2, -0.15) is 5.26 Å². The van der Waals surface area contributed by atoms with E-state index in [1.807, 2.05) is 12.1 Å². The lowest BCUT2D eigenvalue weighted by Gasteiger charge is -2.09. The monoisotopic (exact) mass is 288 g/mol. The van der Waals surface area contributed by atoms with Gasteiger partial charge in [0.05, 0.1) is 5.69 Å². The molecule has 0 aliphatic heterocycles. The lowest BCUT2D eigenvalue weighted by atomic mass is 10.2. The Morgan fingerprint density at radius 2 is 1.76 bits per heavy atom. The van der Waals surface area contributed by atoms with E-state index in [9.17, 15) is 0 Å². The van der Waals surface area contributed by atoms with Crippen molar-refractivity contribution in [3.63, 3.8) is 0 Å². The molecule has 84 valence electrons. The van der Waals surface area contributed by atoms with Gasteiger partial charge in [-0.15, -0.1) is 0 Å². The third-order valence-electron chi connectivity index (χ3n) is 2.23. The van der Waals surface area contributed by atoms with Crippen LogP contribution in [0.2, 0.25) is 0 Å². The predicted octanol–water partition coefficient (Wildman–Crippen LogP) is 3.70. The van der Waals surface area contributed by atoms with E-state index in [2.05, 4.69) is 22.0 Å². The lowest BCUT2D eigenvalue weighted by molar-refractivity contribution is 0.483. The molecular weight excluding hydrogens is 280 g/mol. The van der Waals surface area contributed by atoms with Crippen molar-refractivity contribution in [2.45, 2.75) is 0 Å². The summed E-state index contributed by atoms with van der Waals surface area (Å²) in [7, 11) is 0. The highest BCUT2D eigenvalue weighted by Crippen LogP contribution is 2.32. The Morgan fingerprint density at radius 3 is 2.47 bits per heavy atom. The Labute approximate surface area is 108 Å². The zero-order chi connectivity index (χ0) is 12.3. The zero-order valence-electron chi connectivity index (χ0n) is 8.85. The second-order valence-corrected chi connectivity index (χ2v) is 4.22. The maximum absolute atomic E-state index is 9.06. The summed E-state index contributed by atoms with van der Waals surface area (Å²) in [6.45, 7) is 0. The minimum absolute atomic E-state index is 0.454. The van der Waals surface area contributed by atoms with Crippen molar-refractivity contribution < 1.29 is 4.74 Å². The highest BCUT2D eigenvalue weighted by Gasteiger charge is 2.09. The number of anilines is 1. The van der Waals surface area contributed by atoms with Gasteiger partial charge < -0.3 is 10.5 Å². The summed E-state index contributed by atoms with van der Waals surface area (Å²) in [5, 5.41) is 9.06. The summed E-state index contributed by atoms with van der Waals surface area (Å²) in [5.41, 5.74) is 6.77. The molecule has 17 heavy (non-hydrogen) atoms. The maximum atomic E-state index is 9.06. The van der Waals surface area contributed by atoms with Crippen LogP contribution >= 0.6 is 15.9 Å². The van der Waals surface area contributed by atoms with Crippen molar-refractivity contribution in [1.82, 2.24) is 0 Å². The topological polar surface area (TPSA) is 59.0 Å². The van der Waals surface area contributed by atoms with E-state index in [1.165, 1.54) is 0 Å². The second kappa shape index (κ2) is 4.89. The minimum Gasteiger partial charge on any atom is -0.454 e. The number of hydrogen-bond acceptors (Lipinski definition) is 3. The number of para-hydroxylation sites is 2. The van der Waals surface area contributed by atoms with Gasteiger partial charge in [0.2, 0.25) is 0 Å². The molecule has 0 aromatic heterocycles. The third kappa shape index (κ3) is 2.40. The number of rotatable bonds is 2. The fourth-order valence-electron chi connectivity index (χ4n) is 1.39. The van der Waals surface area contributed by atoms with Gasteiger partial charge in [-0.1, -0.05) is 18.2 Å². The fourth-order valence-corrected chi connectivity index (χ4v) is 1.83. The van der Waals surface area contributed by atoms with Gasteiger partial charge in [0.25, 0.3) is 0 Å². The van der Waals surface area contributed by atoms with Crippen LogP contribution in [0, 0.1) is 11.3 Å². The van der Waals surface area contributed by atoms with Gasteiger partial charge in [0.1, 0.15) is 23.1 Å². The fraction of sp³-hybridized carbons (Fsp3) is 0. The van der Waals surface area contributed by atoms with Crippen molar-refractivity contribution in [1.29, 1.82) is 5.26 Å². The van der Waals surface area contributed by atoms with Crippen molar-refractivity contribution in [2.75, 3.05) is 5.73 Å². The number of halogens is 1. The molecule has 0 amide bonds. The second-order valence-electron chi connectivity index (χ2n) is 3.36. The van der Waals surface area contributed by atoms with Crippen LogP contribution in [0.15, 0.2) is 46.9 Å². The van der Waals surface area contributed by atoms with Gasteiger partial charge in [0.15, 0.2) is 0 Å². The molecular formula is C13H9BrN2O. The standard InChI is InChI=1S/C13H9BrN2O/c14-10-4-3-7-12(9(10)8-15)17-13-6-2-1-5-11(13)16/h1-7H,16H2. The highest BCUT2D eigenvalue weighted by atomic mass is 79.9. The van der Waals surface area contributed by atoms with E-state index in [4.69, 9.17) is 15.7 Å². The SMILES string of the molecule is N#Cc1c(Br)cccc1Oc1ccccc1N. The molecule has 0 heterocycles. The Bertz CT molecular complexity index is 590. The number of nitrogens with two attached hydrogens (primary N) is 1. The maximum Gasteiger partial charge on any atom is 0.150 e. The molecule has 3 nitrogen and oxygen atoms in total. The van der Waals surface area contributed by atoms with E-state index in [1.54, 1.807) is 30.3 Å². The molecule has 0 saturated carbocycles. The predicted molar refractivity (Wildman–Crippen MR) is 69.8 cm³/mol. The Hall–Kier alpha value is -1.99. The number of ether oxygens (including phenoxy) is 1. The van der Waals surface area contributed by atoms with Crippen LogP contribution in [0.5, 0.6) is 11.5 Å². The number of benzene rings is 2. The first-order valence-electron chi connectivity index (χ1n) is 4.93. The summed E-state index contributed by atoms with van der Waals surface area (Å²) >= 11 is 3.31. The van der Waals surface area contributed by atoms with E-state index in [-0.39, 0.29) is 0 Å². The van der Waals surface area contributed by atoms with Gasteiger partial charge in [0, 0.05) is 4.47 Å².